The molecule has 0 aliphatic rings. The minimum Gasteiger partial charge on any atom is -0.444 e. The molecule has 0 bridgehead atoms. The van der Waals surface area contributed by atoms with E-state index in [9.17, 15) is 0 Å². The van der Waals surface area contributed by atoms with Gasteiger partial charge < -0.3 is 15.1 Å². The highest BCUT2D eigenvalue weighted by molar-refractivity contribution is 14.0. The summed E-state index contributed by atoms with van der Waals surface area (Å²) in [5, 5.41) is 6.56. The Balaban J connectivity index is 0.00000280. The van der Waals surface area contributed by atoms with E-state index < -0.39 is 0 Å². The average molecular weight is 491 g/mol. The molecule has 0 spiro atoms. The van der Waals surface area contributed by atoms with Gasteiger partial charge in [-0.05, 0) is 44.0 Å². The third kappa shape index (κ3) is 6.33. The lowest BCUT2D eigenvalue weighted by atomic mass is 10.1. The second-order valence-corrected chi connectivity index (χ2v) is 6.42. The van der Waals surface area contributed by atoms with Crippen molar-refractivity contribution in [2.45, 2.75) is 26.8 Å². The maximum Gasteiger partial charge on any atom is 0.226 e. The smallest absolute Gasteiger partial charge is 0.226 e. The molecule has 0 saturated heterocycles. The molecule has 0 aliphatic carbocycles. The third-order valence-corrected chi connectivity index (χ3v) is 4.19. The van der Waals surface area contributed by atoms with Crippen molar-refractivity contribution in [2.24, 2.45) is 4.99 Å². The first kappa shape index (κ1) is 21.9. The minimum absolute atomic E-state index is 0. The molecule has 148 valence electrons. The van der Waals surface area contributed by atoms with Crippen molar-refractivity contribution >= 4 is 29.9 Å². The normalized spacial score (nSPS) is 11.0. The number of aliphatic imine (C=N–C) groups is 1. The van der Waals surface area contributed by atoms with Crippen molar-refractivity contribution in [3.05, 3.63) is 71.4 Å². The van der Waals surface area contributed by atoms with Crippen molar-refractivity contribution < 1.29 is 4.42 Å². The van der Waals surface area contributed by atoms with Crippen LogP contribution in [-0.2, 0) is 13.0 Å². The molecule has 0 atom stereocenters. The number of benzene rings is 1. The van der Waals surface area contributed by atoms with Crippen LogP contribution in [0.4, 0.5) is 0 Å². The maximum atomic E-state index is 5.59. The third-order valence-electron chi connectivity index (χ3n) is 4.19. The van der Waals surface area contributed by atoms with Gasteiger partial charge in [0.2, 0.25) is 5.89 Å². The summed E-state index contributed by atoms with van der Waals surface area (Å²) in [5.41, 5.74) is 5.24. The number of pyridine rings is 1. The fraction of sp³-hybridized carbons (Fsp3) is 0.286. The number of nitrogens with zero attached hydrogens (tertiary/aromatic N) is 3. The highest BCUT2D eigenvalue weighted by atomic mass is 127. The number of guanidine groups is 1. The van der Waals surface area contributed by atoms with E-state index in [0.717, 1.165) is 35.9 Å². The van der Waals surface area contributed by atoms with E-state index in [1.165, 1.54) is 11.1 Å². The molecule has 0 unspecified atom stereocenters. The predicted octanol–water partition coefficient (Wildman–Crippen LogP) is 3.88. The SMILES string of the molecule is CN=C(NCCc1ccc(C)nc1)NCc1coc(-c2ccc(C)cc2)n1.I. The van der Waals surface area contributed by atoms with E-state index in [1.807, 2.05) is 43.5 Å². The molecule has 0 aliphatic heterocycles. The molecular weight excluding hydrogens is 465 g/mol. The van der Waals surface area contributed by atoms with Crippen LogP contribution in [-0.4, -0.2) is 29.5 Å². The summed E-state index contributed by atoms with van der Waals surface area (Å²) in [6.07, 6.45) is 4.47. The van der Waals surface area contributed by atoms with Gasteiger partial charge in [0.05, 0.1) is 12.2 Å². The zero-order valence-electron chi connectivity index (χ0n) is 16.4. The molecule has 2 heterocycles. The number of rotatable bonds is 6. The van der Waals surface area contributed by atoms with Gasteiger partial charge in [-0.1, -0.05) is 23.8 Å². The molecule has 0 amide bonds. The van der Waals surface area contributed by atoms with E-state index in [1.54, 1.807) is 13.3 Å². The molecule has 7 heteroatoms. The monoisotopic (exact) mass is 491 g/mol. The Hall–Kier alpha value is -2.42. The number of aromatic nitrogens is 2. The van der Waals surface area contributed by atoms with Gasteiger partial charge in [0.15, 0.2) is 5.96 Å². The first-order valence-electron chi connectivity index (χ1n) is 9.01. The summed E-state index contributed by atoms with van der Waals surface area (Å²) in [7, 11) is 1.75. The second kappa shape index (κ2) is 10.8. The van der Waals surface area contributed by atoms with Crippen LogP contribution in [0.5, 0.6) is 0 Å². The van der Waals surface area contributed by atoms with Crippen molar-refractivity contribution in [2.75, 3.05) is 13.6 Å². The summed E-state index contributed by atoms with van der Waals surface area (Å²) in [5.74, 6) is 1.36. The van der Waals surface area contributed by atoms with Gasteiger partial charge in [-0.15, -0.1) is 24.0 Å². The van der Waals surface area contributed by atoms with Gasteiger partial charge in [-0.2, -0.15) is 0 Å². The summed E-state index contributed by atoms with van der Waals surface area (Å²) in [4.78, 5) is 13.1. The lowest BCUT2D eigenvalue weighted by Gasteiger charge is -2.10. The van der Waals surface area contributed by atoms with Crippen LogP contribution in [0.25, 0.3) is 11.5 Å². The molecule has 3 aromatic rings. The fourth-order valence-electron chi connectivity index (χ4n) is 2.58. The van der Waals surface area contributed by atoms with Gasteiger partial charge in [0, 0.05) is 31.0 Å². The Labute approximate surface area is 182 Å². The van der Waals surface area contributed by atoms with Crippen molar-refractivity contribution in [1.82, 2.24) is 20.6 Å². The summed E-state index contributed by atoms with van der Waals surface area (Å²) in [6.45, 7) is 5.36. The molecule has 2 aromatic heterocycles. The zero-order chi connectivity index (χ0) is 19.1. The summed E-state index contributed by atoms with van der Waals surface area (Å²) >= 11 is 0. The van der Waals surface area contributed by atoms with E-state index in [0.29, 0.717) is 12.4 Å². The maximum absolute atomic E-state index is 5.59. The van der Waals surface area contributed by atoms with Crippen LogP contribution in [0.1, 0.15) is 22.5 Å². The lowest BCUT2D eigenvalue weighted by Crippen LogP contribution is -2.37. The quantitative estimate of drug-likeness (QED) is 0.311. The topological polar surface area (TPSA) is 75.3 Å². The summed E-state index contributed by atoms with van der Waals surface area (Å²) < 4.78 is 5.59. The van der Waals surface area contributed by atoms with E-state index in [4.69, 9.17) is 4.42 Å². The summed E-state index contributed by atoms with van der Waals surface area (Å²) in [6, 6.07) is 12.2. The largest absolute Gasteiger partial charge is 0.444 e. The number of hydrogen-bond donors (Lipinski definition) is 2. The number of oxazole rings is 1. The van der Waals surface area contributed by atoms with Gasteiger partial charge in [-0.3, -0.25) is 9.98 Å². The Bertz CT molecular complexity index is 888. The Kier molecular flexibility index (Phi) is 8.43. The van der Waals surface area contributed by atoms with Crippen LogP contribution in [0.15, 0.2) is 58.3 Å². The molecule has 6 nitrogen and oxygen atoms in total. The Morgan fingerprint density at radius 1 is 1.07 bits per heavy atom. The van der Waals surface area contributed by atoms with Crippen LogP contribution in [0.2, 0.25) is 0 Å². The van der Waals surface area contributed by atoms with Crippen LogP contribution in [0, 0.1) is 13.8 Å². The Morgan fingerprint density at radius 3 is 2.54 bits per heavy atom. The molecule has 0 saturated carbocycles. The van der Waals surface area contributed by atoms with E-state index in [2.05, 4.69) is 38.6 Å². The molecule has 2 N–H and O–H groups in total. The predicted molar refractivity (Wildman–Crippen MR) is 123 cm³/mol. The molecular formula is C21H26IN5O. The van der Waals surface area contributed by atoms with Gasteiger partial charge in [0.1, 0.15) is 6.26 Å². The van der Waals surface area contributed by atoms with Crippen molar-refractivity contribution in [3.8, 4) is 11.5 Å². The standard InChI is InChI=1S/C21H25N5O.HI/c1-15-4-8-18(9-5-15)20-26-19(14-27-20)13-25-21(22-3)23-11-10-17-7-6-16(2)24-12-17;/h4-9,12,14H,10-11,13H2,1-3H3,(H2,22,23,25);1H. The molecule has 0 fully saturated rings. The molecule has 1 aromatic carbocycles. The number of nitrogens with one attached hydrogen (secondary N) is 2. The fourth-order valence-corrected chi connectivity index (χ4v) is 2.58. The van der Waals surface area contributed by atoms with E-state index >= 15 is 0 Å². The number of halogens is 1. The Morgan fingerprint density at radius 2 is 1.86 bits per heavy atom. The first-order valence-corrected chi connectivity index (χ1v) is 9.01. The molecule has 28 heavy (non-hydrogen) atoms. The molecule has 3 rings (SSSR count). The van der Waals surface area contributed by atoms with Gasteiger partial charge in [0.25, 0.3) is 0 Å². The highest BCUT2D eigenvalue weighted by Gasteiger charge is 2.07. The van der Waals surface area contributed by atoms with Crippen molar-refractivity contribution in [3.63, 3.8) is 0 Å². The van der Waals surface area contributed by atoms with Crippen LogP contribution >= 0.6 is 24.0 Å². The number of aryl methyl sites for hydroxylation is 2. The van der Waals surface area contributed by atoms with E-state index in [-0.39, 0.29) is 24.0 Å². The van der Waals surface area contributed by atoms with Crippen LogP contribution < -0.4 is 10.6 Å². The van der Waals surface area contributed by atoms with Crippen molar-refractivity contribution in [1.29, 1.82) is 0 Å². The minimum atomic E-state index is 0. The zero-order valence-corrected chi connectivity index (χ0v) is 18.7. The van der Waals surface area contributed by atoms with Crippen LogP contribution in [0.3, 0.4) is 0 Å². The highest BCUT2D eigenvalue weighted by Crippen LogP contribution is 2.18. The lowest BCUT2D eigenvalue weighted by molar-refractivity contribution is 0.572. The van der Waals surface area contributed by atoms with Gasteiger partial charge in [-0.25, -0.2) is 4.98 Å². The first-order chi connectivity index (χ1) is 13.1. The average Bonchev–Trinajstić information content (AvgIpc) is 3.15. The molecule has 0 radical (unpaired) electrons. The number of hydrogen-bond acceptors (Lipinski definition) is 4. The van der Waals surface area contributed by atoms with Gasteiger partial charge >= 0.3 is 0 Å². The second-order valence-electron chi connectivity index (χ2n) is 6.42.